The van der Waals surface area contributed by atoms with Crippen LogP contribution in [0.5, 0.6) is 0 Å². The topological polar surface area (TPSA) is 55.3 Å². The molecule has 0 spiro atoms. The summed E-state index contributed by atoms with van der Waals surface area (Å²) in [5.41, 5.74) is 9.65. The summed E-state index contributed by atoms with van der Waals surface area (Å²) in [6.45, 7) is 5.44. The van der Waals surface area contributed by atoms with Crippen molar-refractivity contribution in [2.75, 3.05) is 11.4 Å². The van der Waals surface area contributed by atoms with E-state index in [9.17, 15) is 0 Å². The van der Waals surface area contributed by atoms with Gasteiger partial charge in [0.15, 0.2) is 0 Å². The van der Waals surface area contributed by atoms with Gasteiger partial charge in [0.05, 0.1) is 12.2 Å². The number of para-hydroxylation sites is 1. The number of oxazole rings is 1. The quantitative estimate of drug-likeness (QED) is 0.925. The smallest absolute Gasteiger partial charge is 0.214 e. The summed E-state index contributed by atoms with van der Waals surface area (Å²) < 4.78 is 5.67. The minimum Gasteiger partial charge on any atom is -0.444 e. The molecule has 0 amide bonds. The second-order valence-corrected chi connectivity index (χ2v) is 5.22. The molecule has 1 aliphatic heterocycles. The molecule has 0 radical (unpaired) electrons. The zero-order valence-corrected chi connectivity index (χ0v) is 12.6. The highest BCUT2D eigenvalue weighted by atomic mass is 35.5. The van der Waals surface area contributed by atoms with Crippen molar-refractivity contribution in [1.29, 1.82) is 0 Å². The van der Waals surface area contributed by atoms with Gasteiger partial charge in [0.25, 0.3) is 0 Å². The maximum Gasteiger partial charge on any atom is 0.214 e. The molecular weight excluding hydrogens is 274 g/mol. The average molecular weight is 294 g/mol. The summed E-state index contributed by atoms with van der Waals surface area (Å²) in [5, 5.41) is 0. The van der Waals surface area contributed by atoms with Crippen molar-refractivity contribution in [2.24, 2.45) is 5.73 Å². The van der Waals surface area contributed by atoms with Gasteiger partial charge in [0.1, 0.15) is 5.76 Å². The van der Waals surface area contributed by atoms with Crippen molar-refractivity contribution in [3.8, 4) is 0 Å². The number of nitrogens with two attached hydrogens (primary N) is 1. The fraction of sp³-hybridized carbons (Fsp3) is 0.400. The molecular formula is C15H20ClN3O. The molecule has 20 heavy (non-hydrogen) atoms. The van der Waals surface area contributed by atoms with Gasteiger partial charge in [-0.2, -0.15) is 0 Å². The SMILES string of the molecule is Cc1nc(CN2CC(N)Cc3ccccc32)oc1C.Cl. The molecule has 1 atom stereocenters. The molecule has 0 aliphatic carbocycles. The van der Waals surface area contributed by atoms with E-state index >= 15 is 0 Å². The Bertz CT molecular complexity index is 577. The summed E-state index contributed by atoms with van der Waals surface area (Å²) in [6.07, 6.45) is 0.941. The van der Waals surface area contributed by atoms with Crippen molar-refractivity contribution in [3.05, 3.63) is 47.2 Å². The highest BCUT2D eigenvalue weighted by Crippen LogP contribution is 2.27. The van der Waals surface area contributed by atoms with Crippen molar-refractivity contribution in [1.82, 2.24) is 4.98 Å². The zero-order valence-electron chi connectivity index (χ0n) is 11.8. The van der Waals surface area contributed by atoms with Crippen LogP contribution in [0.15, 0.2) is 28.7 Å². The fourth-order valence-electron chi connectivity index (χ4n) is 2.64. The number of benzene rings is 1. The highest BCUT2D eigenvalue weighted by Gasteiger charge is 2.23. The van der Waals surface area contributed by atoms with Crippen LogP contribution >= 0.6 is 12.4 Å². The van der Waals surface area contributed by atoms with Gasteiger partial charge in [-0.05, 0) is 31.9 Å². The number of hydrogen-bond acceptors (Lipinski definition) is 4. The molecule has 2 N–H and O–H groups in total. The highest BCUT2D eigenvalue weighted by molar-refractivity contribution is 5.85. The first-order valence-corrected chi connectivity index (χ1v) is 6.65. The summed E-state index contributed by atoms with van der Waals surface area (Å²) in [7, 11) is 0. The first-order chi connectivity index (χ1) is 9.13. The third-order valence-electron chi connectivity index (χ3n) is 3.67. The molecule has 0 fully saturated rings. The van der Waals surface area contributed by atoms with Gasteiger partial charge in [-0.1, -0.05) is 18.2 Å². The average Bonchev–Trinajstić information content (AvgIpc) is 2.68. The third-order valence-corrected chi connectivity index (χ3v) is 3.67. The summed E-state index contributed by atoms with van der Waals surface area (Å²) in [4.78, 5) is 6.71. The summed E-state index contributed by atoms with van der Waals surface area (Å²) in [5.74, 6) is 1.66. The molecule has 0 bridgehead atoms. The predicted octanol–water partition coefficient (Wildman–Crippen LogP) is 2.60. The van der Waals surface area contributed by atoms with Gasteiger partial charge in [-0.3, -0.25) is 0 Å². The lowest BCUT2D eigenvalue weighted by molar-refractivity contribution is 0.457. The molecule has 1 unspecified atom stereocenters. The molecule has 3 rings (SSSR count). The lowest BCUT2D eigenvalue weighted by atomic mass is 9.98. The number of halogens is 1. The van der Waals surface area contributed by atoms with Gasteiger partial charge in [0, 0.05) is 18.3 Å². The van der Waals surface area contributed by atoms with E-state index in [0.29, 0.717) is 6.54 Å². The van der Waals surface area contributed by atoms with Gasteiger partial charge < -0.3 is 15.1 Å². The second kappa shape index (κ2) is 5.85. The van der Waals surface area contributed by atoms with E-state index in [0.717, 1.165) is 30.3 Å². The van der Waals surface area contributed by atoms with E-state index < -0.39 is 0 Å². The molecule has 108 valence electrons. The maximum absolute atomic E-state index is 6.14. The van der Waals surface area contributed by atoms with Crippen LogP contribution in [0.3, 0.4) is 0 Å². The Morgan fingerprint density at radius 3 is 2.80 bits per heavy atom. The maximum atomic E-state index is 6.14. The lowest BCUT2D eigenvalue weighted by Crippen LogP contribution is -2.42. The van der Waals surface area contributed by atoms with Crippen LogP contribution < -0.4 is 10.6 Å². The Hall–Kier alpha value is -1.52. The van der Waals surface area contributed by atoms with Crippen LogP contribution in [0, 0.1) is 13.8 Å². The Kier molecular flexibility index (Phi) is 4.35. The van der Waals surface area contributed by atoms with Gasteiger partial charge in [-0.25, -0.2) is 4.98 Å². The predicted molar refractivity (Wildman–Crippen MR) is 82.4 cm³/mol. The Labute approximate surface area is 125 Å². The van der Waals surface area contributed by atoms with Crippen LogP contribution in [-0.4, -0.2) is 17.6 Å². The number of hydrogen-bond donors (Lipinski definition) is 1. The molecule has 5 heteroatoms. The van der Waals surface area contributed by atoms with Gasteiger partial charge in [0.2, 0.25) is 5.89 Å². The number of aryl methyl sites for hydroxylation is 2. The molecule has 2 heterocycles. The first kappa shape index (κ1) is 14.9. The summed E-state index contributed by atoms with van der Waals surface area (Å²) >= 11 is 0. The monoisotopic (exact) mass is 293 g/mol. The second-order valence-electron chi connectivity index (χ2n) is 5.22. The third kappa shape index (κ3) is 2.81. The van der Waals surface area contributed by atoms with E-state index in [2.05, 4.69) is 34.1 Å². The number of fused-ring (bicyclic) bond motifs is 1. The van der Waals surface area contributed by atoms with E-state index in [1.165, 1.54) is 11.3 Å². The number of nitrogens with zero attached hydrogens (tertiary/aromatic N) is 2. The lowest BCUT2D eigenvalue weighted by Gasteiger charge is -2.33. The minimum absolute atomic E-state index is 0. The Morgan fingerprint density at radius 2 is 2.10 bits per heavy atom. The van der Waals surface area contributed by atoms with Crippen LogP contribution in [-0.2, 0) is 13.0 Å². The first-order valence-electron chi connectivity index (χ1n) is 6.65. The van der Waals surface area contributed by atoms with Crippen LogP contribution in [0.25, 0.3) is 0 Å². The Balaban J connectivity index is 0.00000147. The van der Waals surface area contributed by atoms with Crippen molar-refractivity contribution in [2.45, 2.75) is 32.9 Å². The molecule has 1 aromatic carbocycles. The molecule has 1 aliphatic rings. The molecule has 0 saturated heterocycles. The van der Waals surface area contributed by atoms with Crippen LogP contribution in [0.1, 0.15) is 22.9 Å². The van der Waals surface area contributed by atoms with E-state index in [1.54, 1.807) is 0 Å². The van der Waals surface area contributed by atoms with Gasteiger partial charge >= 0.3 is 0 Å². The van der Waals surface area contributed by atoms with Crippen LogP contribution in [0.2, 0.25) is 0 Å². The van der Waals surface area contributed by atoms with Gasteiger partial charge in [-0.15, -0.1) is 12.4 Å². The minimum atomic E-state index is 0. The molecule has 0 saturated carbocycles. The van der Waals surface area contributed by atoms with Crippen molar-refractivity contribution >= 4 is 18.1 Å². The standard InChI is InChI=1S/C15H19N3O.ClH/c1-10-11(2)19-15(17-10)9-18-8-13(16)7-12-5-3-4-6-14(12)18;/h3-6,13H,7-9,16H2,1-2H3;1H. The van der Waals surface area contributed by atoms with E-state index in [-0.39, 0.29) is 18.4 Å². The largest absolute Gasteiger partial charge is 0.444 e. The number of rotatable bonds is 2. The molecule has 1 aromatic heterocycles. The number of aromatic nitrogens is 1. The van der Waals surface area contributed by atoms with Crippen molar-refractivity contribution in [3.63, 3.8) is 0 Å². The molecule has 4 nitrogen and oxygen atoms in total. The van der Waals surface area contributed by atoms with E-state index in [4.69, 9.17) is 10.2 Å². The Morgan fingerprint density at radius 1 is 1.35 bits per heavy atom. The van der Waals surface area contributed by atoms with Crippen molar-refractivity contribution < 1.29 is 4.42 Å². The number of anilines is 1. The van der Waals surface area contributed by atoms with Crippen LogP contribution in [0.4, 0.5) is 5.69 Å². The van der Waals surface area contributed by atoms with E-state index in [1.807, 2.05) is 13.8 Å². The summed E-state index contributed by atoms with van der Waals surface area (Å²) in [6, 6.07) is 8.59. The molecule has 2 aromatic rings. The normalized spacial score (nSPS) is 17.6. The fourth-order valence-corrected chi connectivity index (χ4v) is 2.64. The zero-order chi connectivity index (χ0) is 13.4.